The predicted molar refractivity (Wildman–Crippen MR) is 76.6 cm³/mol. The first-order chi connectivity index (χ1) is 9.30. The molecular weight excluding hydrogens is 258 g/mol. The number of amides is 1. The fraction of sp³-hybridized carbons (Fsp3) is 0.533. The number of nitrogens with one attached hydrogen (secondary N) is 1. The number of alkyl carbamates (subject to hydrolysis) is 1. The summed E-state index contributed by atoms with van der Waals surface area (Å²) in [6.45, 7) is 5.70. The Hall–Kier alpha value is -1.75. The third-order valence-corrected chi connectivity index (χ3v) is 2.65. The molecule has 0 aromatic heterocycles. The molecule has 112 valence electrons. The molecule has 0 spiro atoms. The Morgan fingerprint density at radius 1 is 1.30 bits per heavy atom. The SMILES string of the molecule is CC(C)(C)OC(=O)NCC(CO)Cc1ccc(O)cc1. The number of aliphatic hydroxyl groups is 1. The Bertz CT molecular complexity index is 422. The predicted octanol–water partition coefficient (Wildman–Crippen LogP) is 2.07. The van der Waals surface area contributed by atoms with Gasteiger partial charge in [-0.1, -0.05) is 12.1 Å². The van der Waals surface area contributed by atoms with E-state index < -0.39 is 11.7 Å². The largest absolute Gasteiger partial charge is 0.508 e. The second kappa shape index (κ2) is 7.14. The molecule has 0 aliphatic carbocycles. The van der Waals surface area contributed by atoms with Crippen LogP contribution in [0.4, 0.5) is 4.79 Å². The van der Waals surface area contributed by atoms with Crippen LogP contribution in [0.2, 0.25) is 0 Å². The molecule has 5 nitrogen and oxygen atoms in total. The van der Waals surface area contributed by atoms with Crippen molar-refractivity contribution >= 4 is 6.09 Å². The van der Waals surface area contributed by atoms with E-state index in [2.05, 4.69) is 5.32 Å². The van der Waals surface area contributed by atoms with Gasteiger partial charge in [0.25, 0.3) is 0 Å². The number of hydrogen-bond donors (Lipinski definition) is 3. The number of benzene rings is 1. The fourth-order valence-corrected chi connectivity index (χ4v) is 1.71. The third kappa shape index (κ3) is 6.43. The van der Waals surface area contributed by atoms with Crippen LogP contribution in [0.25, 0.3) is 0 Å². The van der Waals surface area contributed by atoms with Crippen LogP contribution >= 0.6 is 0 Å². The summed E-state index contributed by atoms with van der Waals surface area (Å²) in [5, 5.41) is 21.2. The van der Waals surface area contributed by atoms with E-state index in [9.17, 15) is 15.0 Å². The molecule has 1 aromatic carbocycles. The number of ether oxygens (including phenoxy) is 1. The highest BCUT2D eigenvalue weighted by atomic mass is 16.6. The zero-order valence-electron chi connectivity index (χ0n) is 12.2. The first kappa shape index (κ1) is 16.3. The molecule has 0 saturated carbocycles. The first-order valence-corrected chi connectivity index (χ1v) is 6.66. The lowest BCUT2D eigenvalue weighted by molar-refractivity contribution is 0.0512. The lowest BCUT2D eigenvalue weighted by Crippen LogP contribution is -2.36. The van der Waals surface area contributed by atoms with E-state index in [-0.39, 0.29) is 18.3 Å². The van der Waals surface area contributed by atoms with E-state index in [1.807, 2.05) is 0 Å². The molecule has 20 heavy (non-hydrogen) atoms. The minimum atomic E-state index is -0.532. The molecule has 3 N–H and O–H groups in total. The van der Waals surface area contributed by atoms with Gasteiger partial charge in [-0.15, -0.1) is 0 Å². The zero-order chi connectivity index (χ0) is 15.2. The topological polar surface area (TPSA) is 78.8 Å². The number of hydrogen-bond acceptors (Lipinski definition) is 4. The van der Waals surface area contributed by atoms with Gasteiger partial charge < -0.3 is 20.3 Å². The normalized spacial score (nSPS) is 12.8. The molecule has 1 aromatic rings. The quantitative estimate of drug-likeness (QED) is 0.772. The van der Waals surface area contributed by atoms with Crippen molar-refractivity contribution in [1.82, 2.24) is 5.32 Å². The van der Waals surface area contributed by atoms with Crippen LogP contribution in [-0.4, -0.2) is 35.1 Å². The average Bonchev–Trinajstić information content (AvgIpc) is 2.34. The van der Waals surface area contributed by atoms with Crippen molar-refractivity contribution in [1.29, 1.82) is 0 Å². The van der Waals surface area contributed by atoms with E-state index >= 15 is 0 Å². The molecular formula is C15H23NO4. The lowest BCUT2D eigenvalue weighted by atomic mass is 10.00. The second-order valence-corrected chi connectivity index (χ2v) is 5.80. The maximum atomic E-state index is 11.5. The van der Waals surface area contributed by atoms with Gasteiger partial charge in [0.15, 0.2) is 0 Å². The van der Waals surface area contributed by atoms with E-state index in [1.165, 1.54) is 0 Å². The van der Waals surface area contributed by atoms with Crippen molar-refractivity contribution in [3.05, 3.63) is 29.8 Å². The summed E-state index contributed by atoms with van der Waals surface area (Å²) >= 11 is 0. The van der Waals surface area contributed by atoms with Crippen molar-refractivity contribution in [2.24, 2.45) is 5.92 Å². The highest BCUT2D eigenvalue weighted by molar-refractivity contribution is 5.67. The van der Waals surface area contributed by atoms with Crippen LogP contribution in [0, 0.1) is 5.92 Å². The van der Waals surface area contributed by atoms with Gasteiger partial charge >= 0.3 is 6.09 Å². The Morgan fingerprint density at radius 2 is 1.90 bits per heavy atom. The molecule has 0 fully saturated rings. The van der Waals surface area contributed by atoms with E-state index in [1.54, 1.807) is 45.0 Å². The number of phenols is 1. The zero-order valence-corrected chi connectivity index (χ0v) is 12.2. The summed E-state index contributed by atoms with van der Waals surface area (Å²) in [4.78, 5) is 11.5. The number of aliphatic hydroxyl groups excluding tert-OH is 1. The summed E-state index contributed by atoms with van der Waals surface area (Å²) in [6, 6.07) is 6.80. The summed E-state index contributed by atoms with van der Waals surface area (Å²) in [6.07, 6.45) is 0.133. The molecule has 1 rings (SSSR count). The Morgan fingerprint density at radius 3 is 2.40 bits per heavy atom. The highest BCUT2D eigenvalue weighted by Gasteiger charge is 2.17. The van der Waals surface area contributed by atoms with Crippen molar-refractivity contribution in [2.75, 3.05) is 13.2 Å². The molecule has 1 atom stereocenters. The van der Waals surface area contributed by atoms with Gasteiger partial charge in [0.05, 0.1) is 0 Å². The summed E-state index contributed by atoms with van der Waals surface area (Å²) < 4.78 is 5.13. The Kier molecular flexibility index (Phi) is 5.82. The number of carbonyl (C=O) groups is 1. The van der Waals surface area contributed by atoms with Crippen LogP contribution in [-0.2, 0) is 11.2 Å². The van der Waals surface area contributed by atoms with Crippen LogP contribution < -0.4 is 5.32 Å². The first-order valence-electron chi connectivity index (χ1n) is 6.66. The van der Waals surface area contributed by atoms with Crippen molar-refractivity contribution in [2.45, 2.75) is 32.8 Å². The van der Waals surface area contributed by atoms with Crippen molar-refractivity contribution in [3.63, 3.8) is 0 Å². The van der Waals surface area contributed by atoms with E-state index in [0.717, 1.165) is 5.56 Å². The molecule has 0 aliphatic heterocycles. The molecule has 0 bridgehead atoms. The van der Waals surface area contributed by atoms with Crippen molar-refractivity contribution in [3.8, 4) is 5.75 Å². The molecule has 0 heterocycles. The van der Waals surface area contributed by atoms with Crippen LogP contribution in [0.15, 0.2) is 24.3 Å². The molecule has 1 unspecified atom stereocenters. The number of aromatic hydroxyl groups is 1. The van der Waals surface area contributed by atoms with Gasteiger partial charge in [0, 0.05) is 19.1 Å². The molecule has 1 amide bonds. The van der Waals surface area contributed by atoms with Gasteiger partial charge in [0.2, 0.25) is 0 Å². The summed E-state index contributed by atoms with van der Waals surface area (Å²) in [5.74, 6) is 0.119. The molecule has 0 aliphatic rings. The van der Waals surface area contributed by atoms with Crippen LogP contribution in [0.1, 0.15) is 26.3 Å². The molecule has 0 radical (unpaired) electrons. The summed E-state index contributed by atoms with van der Waals surface area (Å²) in [7, 11) is 0. The van der Waals surface area contributed by atoms with Gasteiger partial charge in [-0.2, -0.15) is 0 Å². The molecule has 5 heteroatoms. The minimum Gasteiger partial charge on any atom is -0.508 e. The number of rotatable bonds is 5. The summed E-state index contributed by atoms with van der Waals surface area (Å²) in [5.41, 5.74) is 0.461. The second-order valence-electron chi connectivity index (χ2n) is 5.80. The fourth-order valence-electron chi connectivity index (χ4n) is 1.71. The average molecular weight is 281 g/mol. The minimum absolute atomic E-state index is 0.0311. The van der Waals surface area contributed by atoms with Crippen molar-refractivity contribution < 1.29 is 19.7 Å². The van der Waals surface area contributed by atoms with Crippen LogP contribution in [0.3, 0.4) is 0 Å². The maximum Gasteiger partial charge on any atom is 0.407 e. The van der Waals surface area contributed by atoms with Gasteiger partial charge in [-0.05, 0) is 44.9 Å². The third-order valence-electron chi connectivity index (χ3n) is 2.65. The van der Waals surface area contributed by atoms with Gasteiger partial charge in [-0.25, -0.2) is 4.79 Å². The number of carbonyl (C=O) groups excluding carboxylic acids is 1. The Balaban J connectivity index is 2.43. The van der Waals surface area contributed by atoms with Crippen LogP contribution in [0.5, 0.6) is 5.75 Å². The van der Waals surface area contributed by atoms with Gasteiger partial charge in [-0.3, -0.25) is 0 Å². The Labute approximate surface area is 119 Å². The maximum absolute atomic E-state index is 11.5. The van der Waals surface area contributed by atoms with Gasteiger partial charge in [0.1, 0.15) is 11.4 Å². The monoisotopic (exact) mass is 281 g/mol. The van der Waals surface area contributed by atoms with E-state index in [0.29, 0.717) is 13.0 Å². The molecule has 0 saturated heterocycles. The lowest BCUT2D eigenvalue weighted by Gasteiger charge is -2.21. The number of phenolic OH excluding ortho intramolecular Hbond substituents is 1. The standard InChI is InChI=1S/C15H23NO4/c1-15(2,3)20-14(19)16-9-12(10-17)8-11-4-6-13(18)7-5-11/h4-7,12,17-18H,8-10H2,1-3H3,(H,16,19). The smallest absolute Gasteiger partial charge is 0.407 e. The van der Waals surface area contributed by atoms with E-state index in [4.69, 9.17) is 4.74 Å². The highest BCUT2D eigenvalue weighted by Crippen LogP contribution is 2.13.